The molecule has 5 rings (SSSR count). The van der Waals surface area contributed by atoms with Crippen LogP contribution in [0.25, 0.3) is 31.9 Å². The Morgan fingerprint density at radius 3 is 2.50 bits per heavy atom. The topological polar surface area (TPSA) is 83.7 Å². The van der Waals surface area contributed by atoms with Gasteiger partial charge in [-0.05, 0) is 35.2 Å². The lowest BCUT2D eigenvalue weighted by atomic mass is 10.0. The molecule has 3 heterocycles. The van der Waals surface area contributed by atoms with Gasteiger partial charge in [-0.3, -0.25) is 0 Å². The third kappa shape index (κ3) is 4.63. The molecule has 5 nitrogen and oxygen atoms in total. The summed E-state index contributed by atoms with van der Waals surface area (Å²) in [4.78, 5) is 10.0. The Kier molecular flexibility index (Phi) is 6.48. The van der Waals surface area contributed by atoms with Gasteiger partial charge < -0.3 is 0 Å². The number of pyridine rings is 1. The molecule has 3 aromatic heterocycles. The summed E-state index contributed by atoms with van der Waals surface area (Å²) in [5.74, 6) is 0.177. The fraction of sp³-hybridized carbons (Fsp3) is 0.0800. The van der Waals surface area contributed by atoms with Gasteiger partial charge in [0.05, 0.1) is 32.1 Å². The van der Waals surface area contributed by atoms with Crippen LogP contribution in [0.2, 0.25) is 0 Å². The molecule has 0 aliphatic rings. The molecule has 0 radical (unpaired) electrons. The second-order valence-electron chi connectivity index (χ2n) is 7.31. The number of thiazole rings is 1. The Balaban J connectivity index is 1.46. The lowest BCUT2D eigenvalue weighted by molar-refractivity contribution is 0.597. The molecule has 0 spiro atoms. The van der Waals surface area contributed by atoms with Crippen molar-refractivity contribution in [2.45, 2.75) is 9.37 Å². The summed E-state index contributed by atoms with van der Waals surface area (Å²) in [6.07, 6.45) is 0. The van der Waals surface area contributed by atoms with Crippen LogP contribution in [-0.2, 0) is 9.84 Å². The monoisotopic (exact) mass is 519 g/mol. The highest BCUT2D eigenvalue weighted by Crippen LogP contribution is 2.36. The number of fused-ring (bicyclic) bond motifs is 1. The van der Waals surface area contributed by atoms with E-state index in [1.807, 2.05) is 78.2 Å². The minimum Gasteiger partial charge on any atom is -0.239 e. The van der Waals surface area contributed by atoms with Crippen molar-refractivity contribution in [2.75, 3.05) is 11.5 Å². The Hall–Kier alpha value is -3.03. The van der Waals surface area contributed by atoms with Gasteiger partial charge in [0.25, 0.3) is 0 Å². The lowest BCUT2D eigenvalue weighted by Gasteiger charge is -2.11. The molecule has 34 heavy (non-hydrogen) atoms. The van der Waals surface area contributed by atoms with E-state index in [0.717, 1.165) is 26.4 Å². The second-order valence-corrected chi connectivity index (χ2v) is 12.6. The molecule has 0 unspecified atom stereocenters. The number of benzene rings is 2. The third-order valence-electron chi connectivity index (χ3n) is 5.09. The van der Waals surface area contributed by atoms with Crippen LogP contribution >= 0.6 is 34.4 Å². The van der Waals surface area contributed by atoms with Gasteiger partial charge in [-0.2, -0.15) is 5.26 Å². The number of aromatic nitrogens is 2. The van der Waals surface area contributed by atoms with Gasteiger partial charge in [0.15, 0.2) is 0 Å². The molecule has 0 saturated carbocycles. The van der Waals surface area contributed by atoms with Crippen molar-refractivity contribution in [1.29, 1.82) is 5.26 Å². The van der Waals surface area contributed by atoms with Crippen molar-refractivity contribution in [3.8, 4) is 27.8 Å². The summed E-state index contributed by atoms with van der Waals surface area (Å²) < 4.78 is 26.8. The maximum atomic E-state index is 12.9. The van der Waals surface area contributed by atoms with Crippen molar-refractivity contribution < 1.29 is 8.42 Å². The van der Waals surface area contributed by atoms with Gasteiger partial charge in [0.2, 0.25) is 14.2 Å². The molecule has 0 amide bonds. The van der Waals surface area contributed by atoms with E-state index in [1.54, 1.807) is 11.3 Å². The summed E-state index contributed by atoms with van der Waals surface area (Å²) in [5, 5.41) is 12.5. The summed E-state index contributed by atoms with van der Waals surface area (Å²) in [5.41, 5.74) is 3.61. The molecule has 0 bridgehead atoms. The first kappa shape index (κ1) is 22.7. The highest BCUT2D eigenvalue weighted by molar-refractivity contribution is 8.01. The Morgan fingerprint density at radius 1 is 0.971 bits per heavy atom. The predicted octanol–water partition coefficient (Wildman–Crippen LogP) is 6.52. The second kappa shape index (κ2) is 9.68. The predicted molar refractivity (Wildman–Crippen MR) is 140 cm³/mol. The van der Waals surface area contributed by atoms with Crippen LogP contribution in [0.3, 0.4) is 0 Å². The first-order valence-corrected chi connectivity index (χ1v) is 14.6. The van der Waals surface area contributed by atoms with E-state index in [2.05, 4.69) is 11.1 Å². The molecule has 0 aliphatic carbocycles. The van der Waals surface area contributed by atoms with Gasteiger partial charge >= 0.3 is 0 Å². The number of sulfone groups is 1. The van der Waals surface area contributed by atoms with Crippen LogP contribution in [0, 0.1) is 11.3 Å². The number of nitrogens with zero attached hydrogens (tertiary/aromatic N) is 3. The van der Waals surface area contributed by atoms with Gasteiger partial charge in [-0.15, -0.1) is 34.4 Å². The number of rotatable bonds is 7. The smallest absolute Gasteiger partial charge is 0.210 e. The third-order valence-corrected chi connectivity index (χ3v) is 10.4. The maximum Gasteiger partial charge on any atom is 0.210 e. The molecular formula is C25H17N3O2S4. The van der Waals surface area contributed by atoms with E-state index in [0.29, 0.717) is 16.1 Å². The van der Waals surface area contributed by atoms with Crippen LogP contribution < -0.4 is 0 Å². The van der Waals surface area contributed by atoms with Gasteiger partial charge in [-0.25, -0.2) is 18.4 Å². The van der Waals surface area contributed by atoms with Gasteiger partial charge in [0.1, 0.15) is 11.1 Å². The van der Waals surface area contributed by atoms with Gasteiger partial charge in [0, 0.05) is 11.3 Å². The fourth-order valence-electron chi connectivity index (χ4n) is 3.45. The van der Waals surface area contributed by atoms with Crippen molar-refractivity contribution in [2.24, 2.45) is 0 Å². The molecule has 168 valence electrons. The lowest BCUT2D eigenvalue weighted by Crippen LogP contribution is -2.09. The van der Waals surface area contributed by atoms with Gasteiger partial charge in [-0.1, -0.05) is 48.5 Å². The average Bonchev–Trinajstić information content (AvgIpc) is 3.55. The number of thiophene rings is 1. The highest BCUT2D eigenvalue weighted by atomic mass is 32.2. The zero-order valence-corrected chi connectivity index (χ0v) is 21.0. The maximum absolute atomic E-state index is 12.9. The molecule has 0 fully saturated rings. The molecule has 0 N–H and O–H groups in total. The molecule has 0 saturated heterocycles. The number of hydrogen-bond acceptors (Lipinski definition) is 8. The Labute approximate surface area is 209 Å². The molecule has 0 atom stereocenters. The number of para-hydroxylation sites is 1. The van der Waals surface area contributed by atoms with E-state index < -0.39 is 9.84 Å². The normalized spacial score (nSPS) is 11.5. The standard InChI is InChI=1S/C25H17N3O2S4/c26-16-19-18(17-7-2-1-3-8-17)15-21(22-11-6-12-31-22)27-24(19)32-13-14-34(29,30)25-28-20-9-4-5-10-23(20)33-25/h1-12,15H,13-14H2. The van der Waals surface area contributed by atoms with Crippen molar-refractivity contribution in [1.82, 2.24) is 9.97 Å². The van der Waals surface area contributed by atoms with Crippen LogP contribution in [0.5, 0.6) is 0 Å². The quantitative estimate of drug-likeness (QED) is 0.228. The first-order chi connectivity index (χ1) is 16.5. The van der Waals surface area contributed by atoms with E-state index in [9.17, 15) is 13.7 Å². The van der Waals surface area contributed by atoms with Crippen molar-refractivity contribution >= 4 is 54.5 Å². The van der Waals surface area contributed by atoms with Crippen LogP contribution in [0.1, 0.15) is 5.56 Å². The Morgan fingerprint density at radius 2 is 1.76 bits per heavy atom. The summed E-state index contributed by atoms with van der Waals surface area (Å²) in [7, 11) is -3.55. The number of thioether (sulfide) groups is 1. The van der Waals surface area contributed by atoms with E-state index in [-0.39, 0.29) is 15.8 Å². The zero-order chi connectivity index (χ0) is 23.5. The zero-order valence-electron chi connectivity index (χ0n) is 17.7. The summed E-state index contributed by atoms with van der Waals surface area (Å²) >= 11 is 4.04. The van der Waals surface area contributed by atoms with Crippen LogP contribution in [-0.4, -0.2) is 29.9 Å². The summed E-state index contributed by atoms with van der Waals surface area (Å²) in [6, 6.07) is 25.3. The first-order valence-electron chi connectivity index (χ1n) is 10.3. The number of hydrogen-bond donors (Lipinski definition) is 0. The SMILES string of the molecule is N#Cc1c(-c2ccccc2)cc(-c2cccs2)nc1SCCS(=O)(=O)c1nc2ccccc2s1. The van der Waals surface area contributed by atoms with Crippen molar-refractivity contribution in [3.05, 3.63) is 83.7 Å². The minimum absolute atomic E-state index is 0.0893. The van der Waals surface area contributed by atoms with Crippen molar-refractivity contribution in [3.63, 3.8) is 0 Å². The van der Waals surface area contributed by atoms with Crippen LogP contribution in [0.15, 0.2) is 87.5 Å². The van der Waals surface area contributed by atoms with E-state index >= 15 is 0 Å². The van der Waals surface area contributed by atoms with E-state index in [4.69, 9.17) is 4.98 Å². The number of nitriles is 1. The molecule has 2 aromatic carbocycles. The minimum atomic E-state index is -3.55. The molecule has 0 aliphatic heterocycles. The average molecular weight is 520 g/mol. The van der Waals surface area contributed by atoms with E-state index in [1.165, 1.54) is 23.1 Å². The molecule has 9 heteroatoms. The van der Waals surface area contributed by atoms with Crippen LogP contribution in [0.4, 0.5) is 0 Å². The molecular weight excluding hydrogens is 503 g/mol. The molecule has 5 aromatic rings. The highest BCUT2D eigenvalue weighted by Gasteiger charge is 2.21. The Bertz CT molecular complexity index is 1570. The summed E-state index contributed by atoms with van der Waals surface area (Å²) in [6.45, 7) is 0. The largest absolute Gasteiger partial charge is 0.239 e. The fourth-order valence-corrected chi connectivity index (χ4v) is 8.14.